The lowest BCUT2D eigenvalue weighted by molar-refractivity contribution is -0.145. The van der Waals surface area contributed by atoms with E-state index in [-0.39, 0.29) is 0 Å². The van der Waals surface area contributed by atoms with Crippen molar-refractivity contribution in [2.45, 2.75) is 6.18 Å². The van der Waals surface area contributed by atoms with Crippen LogP contribution in [0.15, 0.2) is 0 Å². The predicted molar refractivity (Wildman–Crippen MR) is 40.7 cm³/mol. The van der Waals surface area contributed by atoms with E-state index in [1.54, 1.807) is 0 Å². The summed E-state index contributed by atoms with van der Waals surface area (Å²) in [6, 6.07) is -0.416. The Bertz CT molecular complexity index is 373. The minimum atomic E-state index is -4.65. The quantitative estimate of drug-likeness (QED) is 0.763. The van der Waals surface area contributed by atoms with Crippen molar-refractivity contribution < 1.29 is 22.7 Å². The van der Waals surface area contributed by atoms with Crippen molar-refractivity contribution >= 4 is 5.91 Å². The van der Waals surface area contributed by atoms with E-state index in [0.717, 1.165) is 4.68 Å². The van der Waals surface area contributed by atoms with Crippen molar-refractivity contribution in [3.8, 4) is 6.01 Å². The molecule has 0 spiro atoms. The van der Waals surface area contributed by atoms with Crippen LogP contribution >= 0.6 is 0 Å². The third-order valence-electron chi connectivity index (χ3n) is 1.32. The molecule has 0 bridgehead atoms. The molecule has 2 N–H and O–H groups in total. The Morgan fingerprint density at radius 2 is 2.20 bits per heavy atom. The highest BCUT2D eigenvalue weighted by molar-refractivity contribution is 5.75. The van der Waals surface area contributed by atoms with Crippen LogP contribution in [0, 0.1) is 0 Å². The molecule has 0 fully saturated rings. The summed E-state index contributed by atoms with van der Waals surface area (Å²) in [5.74, 6) is -2.14. The van der Waals surface area contributed by atoms with Gasteiger partial charge >= 0.3 is 12.2 Å². The summed E-state index contributed by atoms with van der Waals surface area (Å²) >= 11 is 0. The van der Waals surface area contributed by atoms with Gasteiger partial charge in [0.2, 0.25) is 0 Å². The first-order valence-electron chi connectivity index (χ1n) is 3.70. The molecule has 1 aromatic heterocycles. The van der Waals surface area contributed by atoms with Crippen LogP contribution in [0.3, 0.4) is 0 Å². The largest absolute Gasteiger partial charge is 0.454 e. The highest BCUT2D eigenvalue weighted by Gasteiger charge is 2.37. The summed E-state index contributed by atoms with van der Waals surface area (Å²) in [6.07, 6.45) is -4.65. The number of nitrogens with zero attached hydrogens (tertiary/aromatic N) is 3. The van der Waals surface area contributed by atoms with Gasteiger partial charge in [-0.25, -0.2) is 4.68 Å². The van der Waals surface area contributed by atoms with E-state index < -0.39 is 30.5 Å². The lowest BCUT2D eigenvalue weighted by Crippen LogP contribution is -2.21. The number of primary amides is 1. The number of hydrogen-bond donors (Lipinski definition) is 1. The zero-order chi connectivity index (χ0) is 11.6. The zero-order valence-corrected chi connectivity index (χ0v) is 7.58. The standard InChI is InChI=1S/C6H7F3N4O2/c1-13-5(15-2-3(10)14)11-4(12-13)6(7,8)9/h2H2,1H3,(H2,10,14). The van der Waals surface area contributed by atoms with Crippen LogP contribution in [0.5, 0.6) is 6.01 Å². The first-order valence-corrected chi connectivity index (χ1v) is 3.70. The molecule has 1 aromatic rings. The monoisotopic (exact) mass is 224 g/mol. The van der Waals surface area contributed by atoms with E-state index in [1.165, 1.54) is 7.05 Å². The molecule has 6 nitrogen and oxygen atoms in total. The summed E-state index contributed by atoms with van der Waals surface area (Å²) in [7, 11) is 1.21. The molecule has 0 aliphatic carbocycles. The zero-order valence-electron chi connectivity index (χ0n) is 7.58. The van der Waals surface area contributed by atoms with Gasteiger partial charge in [0.1, 0.15) is 0 Å². The Hall–Kier alpha value is -1.80. The van der Waals surface area contributed by atoms with Crippen molar-refractivity contribution in [2.24, 2.45) is 12.8 Å². The molecule has 1 amide bonds. The van der Waals surface area contributed by atoms with Crippen molar-refractivity contribution in [3.63, 3.8) is 0 Å². The van der Waals surface area contributed by atoms with Crippen LogP contribution in [-0.4, -0.2) is 27.3 Å². The van der Waals surface area contributed by atoms with Crippen LogP contribution in [0.4, 0.5) is 13.2 Å². The van der Waals surface area contributed by atoms with Crippen LogP contribution in [0.1, 0.15) is 5.82 Å². The summed E-state index contributed by atoms with van der Waals surface area (Å²) in [4.78, 5) is 13.4. The number of nitrogens with two attached hydrogens (primary N) is 1. The number of rotatable bonds is 3. The molecule has 84 valence electrons. The molecule has 0 saturated carbocycles. The fraction of sp³-hybridized carbons (Fsp3) is 0.500. The second-order valence-electron chi connectivity index (χ2n) is 2.59. The fourth-order valence-corrected chi connectivity index (χ4v) is 0.752. The van der Waals surface area contributed by atoms with Gasteiger partial charge in [0.15, 0.2) is 6.61 Å². The van der Waals surface area contributed by atoms with Crippen LogP contribution < -0.4 is 10.5 Å². The lowest BCUT2D eigenvalue weighted by Gasteiger charge is -1.99. The summed E-state index contributed by atoms with van der Waals surface area (Å²) in [6.45, 7) is -0.552. The maximum Gasteiger partial charge on any atom is 0.453 e. The SMILES string of the molecule is Cn1nc(C(F)(F)F)nc1OCC(N)=O. The van der Waals surface area contributed by atoms with Gasteiger partial charge in [-0.1, -0.05) is 0 Å². The molecule has 1 heterocycles. The average Bonchev–Trinajstić information content (AvgIpc) is 2.42. The molecule has 9 heteroatoms. The molecular formula is C6H7F3N4O2. The van der Waals surface area contributed by atoms with Gasteiger partial charge in [-0.2, -0.15) is 18.2 Å². The number of carbonyl (C=O) groups excluding carboxylic acids is 1. The Morgan fingerprint density at radius 1 is 1.60 bits per heavy atom. The molecule has 0 radical (unpaired) electrons. The first-order chi connectivity index (χ1) is 6.80. The topological polar surface area (TPSA) is 83.0 Å². The van der Waals surface area contributed by atoms with Gasteiger partial charge in [0.05, 0.1) is 0 Å². The van der Waals surface area contributed by atoms with Crippen molar-refractivity contribution in [1.82, 2.24) is 14.8 Å². The predicted octanol–water partition coefficient (Wildman–Crippen LogP) is -0.302. The maximum absolute atomic E-state index is 12.1. The third kappa shape index (κ3) is 2.82. The molecule has 15 heavy (non-hydrogen) atoms. The molecule has 0 saturated heterocycles. The Kier molecular flexibility index (Phi) is 2.82. The number of aromatic nitrogens is 3. The van der Waals surface area contributed by atoms with Crippen LogP contribution in [0.25, 0.3) is 0 Å². The second-order valence-corrected chi connectivity index (χ2v) is 2.59. The maximum atomic E-state index is 12.1. The average molecular weight is 224 g/mol. The number of amides is 1. The van der Waals surface area contributed by atoms with Gasteiger partial charge in [-0.05, 0) is 0 Å². The minimum Gasteiger partial charge on any atom is -0.454 e. The molecule has 0 unspecified atom stereocenters. The number of alkyl halides is 3. The van der Waals surface area contributed by atoms with Gasteiger partial charge in [-0.3, -0.25) is 4.79 Å². The number of halogens is 3. The molecule has 0 aromatic carbocycles. The number of aryl methyl sites for hydroxylation is 1. The van der Waals surface area contributed by atoms with Gasteiger partial charge in [-0.15, -0.1) is 5.10 Å². The lowest BCUT2D eigenvalue weighted by atomic mass is 10.6. The van der Waals surface area contributed by atoms with Crippen molar-refractivity contribution in [3.05, 3.63) is 5.82 Å². The van der Waals surface area contributed by atoms with E-state index >= 15 is 0 Å². The minimum absolute atomic E-state index is 0.416. The summed E-state index contributed by atoms with van der Waals surface area (Å²) in [5.41, 5.74) is 4.74. The van der Waals surface area contributed by atoms with E-state index in [4.69, 9.17) is 5.73 Å². The molecule has 0 aliphatic rings. The molecule has 0 atom stereocenters. The molecule has 1 rings (SSSR count). The Balaban J connectivity index is 2.82. The van der Waals surface area contributed by atoms with Crippen molar-refractivity contribution in [1.29, 1.82) is 0 Å². The summed E-state index contributed by atoms with van der Waals surface area (Å²) in [5, 5.41) is 3.06. The smallest absolute Gasteiger partial charge is 0.453 e. The van der Waals surface area contributed by atoms with Crippen molar-refractivity contribution in [2.75, 3.05) is 6.61 Å². The first kappa shape index (κ1) is 11.3. The Labute approximate surface area is 81.8 Å². The normalized spacial score (nSPS) is 11.5. The van der Waals surface area contributed by atoms with E-state index in [1.807, 2.05) is 0 Å². The number of carbonyl (C=O) groups is 1. The number of ether oxygens (including phenoxy) is 1. The van der Waals surface area contributed by atoms with Crippen LogP contribution in [-0.2, 0) is 18.0 Å². The Morgan fingerprint density at radius 3 is 2.60 bits per heavy atom. The highest BCUT2D eigenvalue weighted by atomic mass is 19.4. The fourth-order valence-electron chi connectivity index (χ4n) is 0.752. The third-order valence-corrected chi connectivity index (χ3v) is 1.32. The van der Waals surface area contributed by atoms with Gasteiger partial charge in [0, 0.05) is 7.05 Å². The summed E-state index contributed by atoms with van der Waals surface area (Å²) < 4.78 is 41.6. The second kappa shape index (κ2) is 3.75. The van der Waals surface area contributed by atoms with Gasteiger partial charge < -0.3 is 10.5 Å². The van der Waals surface area contributed by atoms with E-state index in [9.17, 15) is 18.0 Å². The highest BCUT2D eigenvalue weighted by Crippen LogP contribution is 2.27. The molecular weight excluding hydrogens is 217 g/mol. The van der Waals surface area contributed by atoms with Crippen LogP contribution in [0.2, 0.25) is 0 Å². The number of hydrogen-bond acceptors (Lipinski definition) is 4. The molecule has 0 aliphatic heterocycles. The van der Waals surface area contributed by atoms with E-state index in [2.05, 4.69) is 14.8 Å². The van der Waals surface area contributed by atoms with Gasteiger partial charge in [0.25, 0.3) is 11.7 Å². The van der Waals surface area contributed by atoms with E-state index in [0.29, 0.717) is 0 Å².